The number of hydrogen-bond donors (Lipinski definition) is 2. The second-order valence-electron chi connectivity index (χ2n) is 8.65. The lowest BCUT2D eigenvalue weighted by Crippen LogP contribution is -2.44. The molecule has 6 nitrogen and oxygen atoms in total. The first-order chi connectivity index (χ1) is 17.0. The molecule has 174 valence electrons. The smallest absolute Gasteiger partial charge is 0.262 e. The maximum atomic E-state index is 13.2. The molecule has 1 fully saturated rings. The fraction of sp³-hybridized carbons (Fsp3) is 0.185. The van der Waals surface area contributed by atoms with Gasteiger partial charge in [0, 0.05) is 38.5 Å². The van der Waals surface area contributed by atoms with Crippen molar-refractivity contribution >= 4 is 54.9 Å². The summed E-state index contributed by atoms with van der Waals surface area (Å²) in [6.07, 6.45) is 10.6. The molecule has 3 heterocycles. The molecule has 0 bridgehead atoms. The van der Waals surface area contributed by atoms with Crippen molar-refractivity contribution in [1.82, 2.24) is 20.3 Å². The predicted molar refractivity (Wildman–Crippen MR) is 143 cm³/mol. The molecule has 1 aromatic carbocycles. The summed E-state index contributed by atoms with van der Waals surface area (Å²) < 4.78 is 1.51. The van der Waals surface area contributed by atoms with Gasteiger partial charge >= 0.3 is 0 Å². The number of pyridine rings is 2. The van der Waals surface area contributed by atoms with Crippen LogP contribution in [0.3, 0.4) is 0 Å². The largest absolute Gasteiger partial charge is 0.346 e. The van der Waals surface area contributed by atoms with E-state index in [1.54, 1.807) is 6.20 Å². The van der Waals surface area contributed by atoms with Gasteiger partial charge in [-0.1, -0.05) is 37.1 Å². The summed E-state index contributed by atoms with van der Waals surface area (Å²) in [6, 6.07) is 16.3. The highest BCUT2D eigenvalue weighted by Crippen LogP contribution is 2.40. The summed E-state index contributed by atoms with van der Waals surface area (Å²) in [4.78, 5) is 25.1. The van der Waals surface area contributed by atoms with Crippen LogP contribution >= 0.6 is 31.9 Å². The number of nitrogens with zero attached hydrogens (tertiary/aromatic N) is 3. The van der Waals surface area contributed by atoms with Crippen molar-refractivity contribution in [2.75, 3.05) is 0 Å². The Morgan fingerprint density at radius 3 is 2.54 bits per heavy atom. The number of aromatic nitrogens is 3. The fourth-order valence-corrected chi connectivity index (χ4v) is 5.75. The summed E-state index contributed by atoms with van der Waals surface area (Å²) in [5.41, 5.74) is 4.06. The number of carbonyl (C=O) groups excluding carboxylic acids is 1. The van der Waals surface area contributed by atoms with Crippen LogP contribution in [0.4, 0.5) is 0 Å². The van der Waals surface area contributed by atoms with E-state index in [1.807, 2.05) is 30.6 Å². The van der Waals surface area contributed by atoms with E-state index < -0.39 is 11.4 Å². The third-order valence-electron chi connectivity index (χ3n) is 6.46. The second kappa shape index (κ2) is 9.76. The number of aromatic amines is 1. The molecule has 4 aromatic rings. The van der Waals surface area contributed by atoms with E-state index in [1.165, 1.54) is 6.08 Å². The fourth-order valence-electron chi connectivity index (χ4n) is 4.65. The van der Waals surface area contributed by atoms with Crippen LogP contribution in [0.15, 0.2) is 75.6 Å². The van der Waals surface area contributed by atoms with Gasteiger partial charge in [0.15, 0.2) is 0 Å². The zero-order chi connectivity index (χ0) is 24.4. The molecule has 8 heteroatoms. The third-order valence-corrected chi connectivity index (χ3v) is 7.53. The molecule has 1 aliphatic rings. The Morgan fingerprint density at radius 2 is 1.83 bits per heavy atom. The number of nitriles is 1. The lowest BCUT2D eigenvalue weighted by Gasteiger charge is -2.31. The molecule has 1 aliphatic carbocycles. The van der Waals surface area contributed by atoms with Crippen LogP contribution < -0.4 is 5.32 Å². The standard InChI is InChI=1S/C27H21Br2N5O/c28-22-13-23(29)24(32-16-22)12-19(14-30)26(35)34-27(8-1-2-9-27)21-5-3-17(4-6-21)20-11-18-7-10-31-25(18)33-15-20/h3-7,10-13,15-16H,1-2,8-9H2,(H,31,33)(H,34,35)/b19-12+. The van der Waals surface area contributed by atoms with Crippen LogP contribution in [-0.2, 0) is 10.3 Å². The van der Waals surface area contributed by atoms with Crippen LogP contribution in [-0.4, -0.2) is 20.9 Å². The predicted octanol–water partition coefficient (Wildman–Crippen LogP) is 6.64. The molecule has 1 amide bonds. The summed E-state index contributed by atoms with van der Waals surface area (Å²) in [5.74, 6) is -0.391. The van der Waals surface area contributed by atoms with E-state index in [9.17, 15) is 10.1 Å². The number of rotatable bonds is 5. The molecule has 0 unspecified atom stereocenters. The Bertz CT molecular complexity index is 1480. The maximum Gasteiger partial charge on any atom is 0.262 e. The van der Waals surface area contributed by atoms with Crippen molar-refractivity contribution in [3.8, 4) is 17.2 Å². The van der Waals surface area contributed by atoms with Gasteiger partial charge in [-0.2, -0.15) is 5.26 Å². The number of amides is 1. The van der Waals surface area contributed by atoms with Crippen molar-refractivity contribution in [3.63, 3.8) is 0 Å². The molecule has 5 rings (SSSR count). The van der Waals surface area contributed by atoms with Gasteiger partial charge < -0.3 is 10.3 Å². The summed E-state index contributed by atoms with van der Waals surface area (Å²) in [6.45, 7) is 0. The Hall–Kier alpha value is -3.28. The summed E-state index contributed by atoms with van der Waals surface area (Å²) >= 11 is 6.81. The molecule has 35 heavy (non-hydrogen) atoms. The van der Waals surface area contributed by atoms with E-state index >= 15 is 0 Å². The highest BCUT2D eigenvalue weighted by molar-refractivity contribution is 9.11. The van der Waals surface area contributed by atoms with E-state index in [-0.39, 0.29) is 5.57 Å². The zero-order valence-corrected chi connectivity index (χ0v) is 21.9. The highest BCUT2D eigenvalue weighted by Gasteiger charge is 2.37. The van der Waals surface area contributed by atoms with Crippen LogP contribution in [0.25, 0.3) is 28.2 Å². The minimum absolute atomic E-state index is 0.0225. The number of nitrogens with one attached hydrogen (secondary N) is 2. The topological polar surface area (TPSA) is 94.5 Å². The number of benzene rings is 1. The molecule has 0 atom stereocenters. The lowest BCUT2D eigenvalue weighted by atomic mass is 9.86. The van der Waals surface area contributed by atoms with Crippen LogP contribution in [0.5, 0.6) is 0 Å². The number of halogens is 2. The molecule has 0 radical (unpaired) electrons. The molecular formula is C27H21Br2N5O. The van der Waals surface area contributed by atoms with Crippen molar-refractivity contribution in [2.45, 2.75) is 31.2 Å². The SMILES string of the molecule is N#C/C(=C\c1ncc(Br)cc1Br)C(=O)NC1(c2ccc(-c3cnc4[nH]ccc4c3)cc2)CCCC1. The Labute approximate surface area is 219 Å². The third kappa shape index (κ3) is 4.79. The van der Waals surface area contributed by atoms with Crippen molar-refractivity contribution in [2.24, 2.45) is 0 Å². The lowest BCUT2D eigenvalue weighted by molar-refractivity contribution is -0.119. The number of hydrogen-bond acceptors (Lipinski definition) is 4. The Morgan fingerprint density at radius 1 is 1.06 bits per heavy atom. The van der Waals surface area contributed by atoms with Crippen LogP contribution in [0.2, 0.25) is 0 Å². The Balaban J connectivity index is 1.41. The van der Waals surface area contributed by atoms with Gasteiger partial charge in [0.25, 0.3) is 5.91 Å². The normalized spacial score (nSPS) is 15.2. The number of fused-ring (bicyclic) bond motifs is 1. The second-order valence-corrected chi connectivity index (χ2v) is 10.4. The van der Waals surface area contributed by atoms with Crippen LogP contribution in [0, 0.1) is 11.3 Å². The molecule has 0 spiro atoms. The molecule has 0 aliphatic heterocycles. The quantitative estimate of drug-likeness (QED) is 0.201. The first-order valence-corrected chi connectivity index (χ1v) is 12.9. The van der Waals surface area contributed by atoms with Gasteiger partial charge in [0.05, 0.1) is 11.2 Å². The monoisotopic (exact) mass is 589 g/mol. The first kappa shape index (κ1) is 23.5. The van der Waals surface area contributed by atoms with Gasteiger partial charge in [0.2, 0.25) is 0 Å². The van der Waals surface area contributed by atoms with Gasteiger partial charge in [-0.05, 0) is 80.1 Å². The minimum atomic E-state index is -0.501. The zero-order valence-electron chi connectivity index (χ0n) is 18.7. The van der Waals surface area contributed by atoms with E-state index in [2.05, 4.69) is 82.5 Å². The van der Waals surface area contributed by atoms with E-state index in [0.29, 0.717) is 10.2 Å². The number of H-pyrrole nitrogens is 1. The van der Waals surface area contributed by atoms with Crippen molar-refractivity contribution in [1.29, 1.82) is 5.26 Å². The van der Waals surface area contributed by atoms with E-state index in [4.69, 9.17) is 0 Å². The molecule has 0 saturated heterocycles. The Kier molecular flexibility index (Phi) is 6.54. The number of carbonyl (C=O) groups is 1. The van der Waals surface area contributed by atoms with Gasteiger partial charge in [-0.15, -0.1) is 0 Å². The first-order valence-electron chi connectivity index (χ1n) is 11.3. The molecule has 3 aromatic heterocycles. The van der Waals surface area contributed by atoms with Crippen LogP contribution in [0.1, 0.15) is 36.9 Å². The van der Waals surface area contributed by atoms with Gasteiger partial charge in [-0.3, -0.25) is 9.78 Å². The van der Waals surface area contributed by atoms with Gasteiger partial charge in [-0.25, -0.2) is 4.98 Å². The summed E-state index contributed by atoms with van der Waals surface area (Å²) in [5, 5.41) is 14.0. The highest BCUT2D eigenvalue weighted by atomic mass is 79.9. The molecule has 1 saturated carbocycles. The molecular weight excluding hydrogens is 570 g/mol. The summed E-state index contributed by atoms with van der Waals surface area (Å²) in [7, 11) is 0. The van der Waals surface area contributed by atoms with E-state index in [0.717, 1.165) is 57.9 Å². The minimum Gasteiger partial charge on any atom is -0.346 e. The van der Waals surface area contributed by atoms with Crippen molar-refractivity contribution < 1.29 is 4.79 Å². The average molecular weight is 591 g/mol. The average Bonchev–Trinajstić information content (AvgIpc) is 3.53. The maximum absolute atomic E-state index is 13.2. The van der Waals surface area contributed by atoms with Gasteiger partial charge in [0.1, 0.15) is 17.3 Å². The molecule has 2 N–H and O–H groups in total. The van der Waals surface area contributed by atoms with Crippen molar-refractivity contribution in [3.05, 3.63) is 86.8 Å².